The molecule has 0 bridgehead atoms. The quantitative estimate of drug-likeness (QED) is 0.404. The van der Waals surface area contributed by atoms with E-state index in [1.807, 2.05) is 25.1 Å². The number of aromatic nitrogens is 2. The molecule has 25 heavy (non-hydrogen) atoms. The molecule has 2 aromatic rings. The number of hydrogen-bond acceptors (Lipinski definition) is 6. The molecule has 0 aliphatic rings. The highest BCUT2D eigenvalue weighted by Gasteiger charge is 2.06. The molecule has 0 radical (unpaired) electrons. The van der Waals surface area contributed by atoms with Crippen molar-refractivity contribution in [3.63, 3.8) is 0 Å². The van der Waals surface area contributed by atoms with E-state index in [0.717, 1.165) is 18.4 Å². The number of hydrogen-bond donors (Lipinski definition) is 2. The van der Waals surface area contributed by atoms with Crippen LogP contribution in [0.5, 0.6) is 11.5 Å². The van der Waals surface area contributed by atoms with Gasteiger partial charge in [-0.2, -0.15) is 10.2 Å². The van der Waals surface area contributed by atoms with Crippen LogP contribution in [0.1, 0.15) is 32.3 Å². The normalized spacial score (nSPS) is 10.8. The van der Waals surface area contributed by atoms with Gasteiger partial charge < -0.3 is 9.47 Å². The largest absolute Gasteiger partial charge is 0.490 e. The summed E-state index contributed by atoms with van der Waals surface area (Å²) in [5.41, 5.74) is 3.35. The molecule has 2 rings (SSSR count). The Morgan fingerprint density at radius 1 is 1.32 bits per heavy atom. The zero-order valence-corrected chi connectivity index (χ0v) is 15.0. The third kappa shape index (κ3) is 5.49. The minimum Gasteiger partial charge on any atom is -0.490 e. The number of nitrogens with zero attached hydrogens (tertiary/aromatic N) is 2. The number of hydrazone groups is 1. The summed E-state index contributed by atoms with van der Waals surface area (Å²) < 4.78 is 11.4. The molecule has 0 saturated carbocycles. The van der Waals surface area contributed by atoms with Crippen LogP contribution in [0.25, 0.3) is 0 Å². The van der Waals surface area contributed by atoms with Crippen LogP contribution in [0.3, 0.4) is 0 Å². The summed E-state index contributed by atoms with van der Waals surface area (Å²) >= 11 is 5.87. The van der Waals surface area contributed by atoms with Gasteiger partial charge in [0.05, 0.1) is 25.6 Å². The first-order valence-electron chi connectivity index (χ1n) is 8.07. The molecule has 1 aromatic carbocycles. The molecule has 0 amide bonds. The van der Waals surface area contributed by atoms with Crippen LogP contribution in [-0.4, -0.2) is 29.6 Å². The van der Waals surface area contributed by atoms with Crippen molar-refractivity contribution in [3.05, 3.63) is 45.3 Å². The van der Waals surface area contributed by atoms with Crippen molar-refractivity contribution in [1.82, 2.24) is 10.2 Å². The van der Waals surface area contributed by atoms with Gasteiger partial charge in [-0.25, -0.2) is 5.10 Å². The molecular formula is C17H21ClN4O3. The number of rotatable bonds is 9. The Kier molecular flexibility index (Phi) is 7.28. The van der Waals surface area contributed by atoms with Gasteiger partial charge >= 0.3 is 0 Å². The monoisotopic (exact) mass is 364 g/mol. The lowest BCUT2D eigenvalue weighted by atomic mass is 10.2. The minimum absolute atomic E-state index is 0.00169. The molecule has 0 aliphatic heterocycles. The van der Waals surface area contributed by atoms with E-state index in [1.54, 1.807) is 6.21 Å². The maximum atomic E-state index is 11.4. The van der Waals surface area contributed by atoms with Gasteiger partial charge in [0, 0.05) is 0 Å². The van der Waals surface area contributed by atoms with Crippen LogP contribution in [-0.2, 0) is 0 Å². The molecule has 0 unspecified atom stereocenters. The molecule has 0 aliphatic carbocycles. The molecule has 8 heteroatoms. The van der Waals surface area contributed by atoms with E-state index < -0.39 is 5.56 Å². The van der Waals surface area contributed by atoms with Crippen LogP contribution >= 0.6 is 11.6 Å². The zero-order valence-electron chi connectivity index (χ0n) is 14.2. The number of unbranched alkanes of at least 4 members (excludes halogenated alkanes) is 1. The number of anilines is 1. The Hall–Kier alpha value is -2.54. The molecule has 0 saturated heterocycles. The first kappa shape index (κ1) is 18.8. The first-order chi connectivity index (χ1) is 12.2. The Labute approximate surface area is 151 Å². The standard InChI is InChI=1S/C17H21ClN4O3/c1-3-5-8-25-14-7-6-12(9-15(14)24-4-2)10-19-21-13-11-20-22-17(23)16(13)18/h6-7,9-11H,3-5,8H2,1-2H3,(H2,21,22,23)/b19-10+. The number of H-pyrrole nitrogens is 1. The van der Waals surface area contributed by atoms with Crippen LogP contribution in [0, 0.1) is 0 Å². The highest BCUT2D eigenvalue weighted by atomic mass is 35.5. The van der Waals surface area contributed by atoms with Crippen LogP contribution < -0.4 is 20.5 Å². The van der Waals surface area contributed by atoms with E-state index in [4.69, 9.17) is 21.1 Å². The van der Waals surface area contributed by atoms with Crippen molar-refractivity contribution < 1.29 is 9.47 Å². The number of benzene rings is 1. The summed E-state index contributed by atoms with van der Waals surface area (Å²) in [4.78, 5) is 11.4. The van der Waals surface area contributed by atoms with Crippen molar-refractivity contribution >= 4 is 23.5 Å². The van der Waals surface area contributed by atoms with Gasteiger partial charge in [-0.1, -0.05) is 24.9 Å². The molecule has 1 aromatic heterocycles. The summed E-state index contributed by atoms with van der Waals surface area (Å²) in [6.07, 6.45) is 5.04. The van der Waals surface area contributed by atoms with Crippen molar-refractivity contribution in [2.24, 2.45) is 5.10 Å². The van der Waals surface area contributed by atoms with Crippen molar-refractivity contribution in [1.29, 1.82) is 0 Å². The van der Waals surface area contributed by atoms with E-state index in [9.17, 15) is 4.79 Å². The second kappa shape index (κ2) is 9.68. The molecule has 0 fully saturated rings. The average molecular weight is 365 g/mol. The van der Waals surface area contributed by atoms with Crippen LogP contribution in [0.2, 0.25) is 5.02 Å². The SMILES string of the molecule is CCCCOc1ccc(/C=N/Nc2cn[nH]c(=O)c2Cl)cc1OCC. The highest BCUT2D eigenvalue weighted by molar-refractivity contribution is 6.32. The zero-order chi connectivity index (χ0) is 18.1. The molecule has 2 N–H and O–H groups in total. The summed E-state index contributed by atoms with van der Waals surface area (Å²) in [6, 6.07) is 5.56. The fourth-order valence-electron chi connectivity index (χ4n) is 1.96. The molecule has 0 spiro atoms. The predicted molar refractivity (Wildman–Crippen MR) is 99.1 cm³/mol. The van der Waals surface area contributed by atoms with Gasteiger partial charge in [0.1, 0.15) is 10.7 Å². The topological polar surface area (TPSA) is 88.6 Å². The number of halogens is 1. The Balaban J connectivity index is 2.09. The molecular weight excluding hydrogens is 344 g/mol. The van der Waals surface area contributed by atoms with Crippen LogP contribution in [0.15, 0.2) is 34.3 Å². The number of nitrogens with one attached hydrogen (secondary N) is 2. The number of aromatic amines is 1. The second-order valence-electron chi connectivity index (χ2n) is 5.14. The van der Waals surface area contributed by atoms with Crippen molar-refractivity contribution in [3.8, 4) is 11.5 Å². The molecule has 7 nitrogen and oxygen atoms in total. The minimum atomic E-state index is -0.478. The molecule has 134 valence electrons. The first-order valence-corrected chi connectivity index (χ1v) is 8.45. The maximum Gasteiger partial charge on any atom is 0.285 e. The van der Waals surface area contributed by atoms with Gasteiger partial charge in [0.25, 0.3) is 5.56 Å². The Bertz CT molecular complexity index is 777. The average Bonchev–Trinajstić information content (AvgIpc) is 2.61. The second-order valence-corrected chi connectivity index (χ2v) is 5.52. The lowest BCUT2D eigenvalue weighted by Gasteiger charge is -2.12. The van der Waals surface area contributed by atoms with Gasteiger partial charge in [-0.05, 0) is 37.1 Å². The summed E-state index contributed by atoms with van der Waals surface area (Å²) in [7, 11) is 0. The van der Waals surface area contributed by atoms with Gasteiger partial charge in [-0.3, -0.25) is 10.2 Å². The van der Waals surface area contributed by atoms with E-state index >= 15 is 0 Å². The molecule has 1 heterocycles. The smallest absolute Gasteiger partial charge is 0.285 e. The van der Waals surface area contributed by atoms with E-state index in [-0.39, 0.29) is 5.02 Å². The molecule has 0 atom stereocenters. The van der Waals surface area contributed by atoms with Crippen LogP contribution in [0.4, 0.5) is 5.69 Å². The summed E-state index contributed by atoms with van der Waals surface area (Å²) in [5.74, 6) is 1.38. The van der Waals surface area contributed by atoms with E-state index in [1.165, 1.54) is 6.20 Å². The fourth-order valence-corrected chi connectivity index (χ4v) is 2.09. The Morgan fingerprint density at radius 3 is 2.92 bits per heavy atom. The van der Waals surface area contributed by atoms with Crippen molar-refractivity contribution in [2.45, 2.75) is 26.7 Å². The van der Waals surface area contributed by atoms with Crippen molar-refractivity contribution in [2.75, 3.05) is 18.6 Å². The lowest BCUT2D eigenvalue weighted by molar-refractivity contribution is 0.272. The maximum absolute atomic E-state index is 11.4. The lowest BCUT2D eigenvalue weighted by Crippen LogP contribution is -2.10. The number of ether oxygens (including phenoxy) is 2. The van der Waals surface area contributed by atoms with E-state index in [0.29, 0.717) is 30.4 Å². The third-order valence-electron chi connectivity index (χ3n) is 3.22. The Morgan fingerprint density at radius 2 is 2.16 bits per heavy atom. The summed E-state index contributed by atoms with van der Waals surface area (Å²) in [5, 5.41) is 9.97. The van der Waals surface area contributed by atoms with Gasteiger partial charge in [-0.15, -0.1) is 0 Å². The van der Waals surface area contributed by atoms with Gasteiger partial charge in [0.2, 0.25) is 0 Å². The van der Waals surface area contributed by atoms with E-state index in [2.05, 4.69) is 27.6 Å². The predicted octanol–water partition coefficient (Wildman–Crippen LogP) is 3.45. The fraction of sp³-hybridized carbons (Fsp3) is 0.353. The van der Waals surface area contributed by atoms with Gasteiger partial charge in [0.15, 0.2) is 11.5 Å². The highest BCUT2D eigenvalue weighted by Crippen LogP contribution is 2.28. The summed E-state index contributed by atoms with van der Waals surface area (Å²) in [6.45, 7) is 5.22. The third-order valence-corrected chi connectivity index (χ3v) is 3.59.